The van der Waals surface area contributed by atoms with Gasteiger partial charge in [-0.25, -0.2) is 9.78 Å². The second-order valence-electron chi connectivity index (χ2n) is 4.95. The molecule has 0 saturated carbocycles. The molecule has 18 heavy (non-hydrogen) atoms. The molecule has 1 heterocycles. The zero-order valence-electron chi connectivity index (χ0n) is 11.0. The van der Waals surface area contributed by atoms with Crippen LogP contribution in [-0.4, -0.2) is 33.3 Å². The number of hydrogen-bond acceptors (Lipinski definition) is 4. The minimum atomic E-state index is -0.973. The van der Waals surface area contributed by atoms with Crippen molar-refractivity contribution < 1.29 is 15.0 Å². The summed E-state index contributed by atoms with van der Waals surface area (Å²) in [4.78, 5) is 15.4. The van der Waals surface area contributed by atoms with Gasteiger partial charge in [0.25, 0.3) is 0 Å². The summed E-state index contributed by atoms with van der Waals surface area (Å²) in [7, 11) is 0. The van der Waals surface area contributed by atoms with Crippen molar-refractivity contribution in [2.75, 3.05) is 11.9 Å². The maximum Gasteiger partial charge on any atom is 0.335 e. The maximum atomic E-state index is 11.0. The topological polar surface area (TPSA) is 82.5 Å². The number of pyridine rings is 1. The molecule has 0 aromatic carbocycles. The Bertz CT molecular complexity index is 430. The minimum Gasteiger partial charge on any atom is -0.478 e. The number of carboxylic acid groups (broad SMARTS) is 1. The Labute approximate surface area is 107 Å². The fourth-order valence-electron chi connectivity index (χ4n) is 1.55. The van der Waals surface area contributed by atoms with Crippen LogP contribution in [0.15, 0.2) is 12.1 Å². The van der Waals surface area contributed by atoms with Gasteiger partial charge in [0.2, 0.25) is 0 Å². The quantitative estimate of drug-likeness (QED) is 0.720. The van der Waals surface area contributed by atoms with Crippen molar-refractivity contribution >= 4 is 11.8 Å². The Morgan fingerprint density at radius 2 is 2.11 bits per heavy atom. The van der Waals surface area contributed by atoms with Crippen molar-refractivity contribution in [1.82, 2.24) is 4.98 Å². The lowest BCUT2D eigenvalue weighted by Gasteiger charge is -2.24. The average Bonchev–Trinajstić information content (AvgIpc) is 2.28. The molecule has 0 radical (unpaired) electrons. The first kappa shape index (κ1) is 14.4. The van der Waals surface area contributed by atoms with Gasteiger partial charge in [0.15, 0.2) is 0 Å². The summed E-state index contributed by atoms with van der Waals surface area (Å²) in [6.45, 7) is 5.60. The number of carboxylic acids is 1. The van der Waals surface area contributed by atoms with Crippen LogP contribution in [-0.2, 0) is 6.42 Å². The highest BCUT2D eigenvalue weighted by Gasteiger charge is 2.18. The number of aromatic carboxylic acids is 1. The van der Waals surface area contributed by atoms with E-state index in [4.69, 9.17) is 5.11 Å². The molecule has 3 N–H and O–H groups in total. The molecule has 1 rings (SSSR count). The fraction of sp³-hybridized carbons (Fsp3) is 0.538. The molecule has 0 aliphatic carbocycles. The number of carbonyl (C=O) groups is 1. The van der Waals surface area contributed by atoms with Crippen LogP contribution in [0, 0.1) is 0 Å². The molecule has 5 heteroatoms. The zero-order valence-corrected chi connectivity index (χ0v) is 11.0. The highest BCUT2D eigenvalue weighted by molar-refractivity contribution is 5.88. The number of aryl methyl sites for hydroxylation is 1. The van der Waals surface area contributed by atoms with E-state index in [1.165, 1.54) is 6.07 Å². The third-order valence-corrected chi connectivity index (χ3v) is 2.49. The molecule has 5 nitrogen and oxygen atoms in total. The van der Waals surface area contributed by atoms with Crippen molar-refractivity contribution in [1.29, 1.82) is 0 Å². The van der Waals surface area contributed by atoms with E-state index in [1.54, 1.807) is 6.07 Å². The van der Waals surface area contributed by atoms with Crippen molar-refractivity contribution in [2.24, 2.45) is 0 Å². The third kappa shape index (κ3) is 4.00. The summed E-state index contributed by atoms with van der Waals surface area (Å²) in [6, 6.07) is 3.07. The van der Waals surface area contributed by atoms with E-state index < -0.39 is 11.5 Å². The van der Waals surface area contributed by atoms with Gasteiger partial charge in [-0.2, -0.15) is 0 Å². The van der Waals surface area contributed by atoms with Gasteiger partial charge in [-0.3, -0.25) is 0 Å². The van der Waals surface area contributed by atoms with E-state index in [2.05, 4.69) is 10.3 Å². The monoisotopic (exact) mass is 252 g/mol. The predicted octanol–water partition coefficient (Wildman–Crippen LogP) is 1.92. The second kappa shape index (κ2) is 5.82. The highest BCUT2D eigenvalue weighted by Crippen LogP contribution is 2.16. The molecular formula is C13H20N2O3. The Morgan fingerprint density at radius 3 is 2.61 bits per heavy atom. The van der Waals surface area contributed by atoms with Crippen LogP contribution in [0.3, 0.4) is 0 Å². The van der Waals surface area contributed by atoms with E-state index in [0.29, 0.717) is 5.82 Å². The van der Waals surface area contributed by atoms with E-state index in [9.17, 15) is 9.90 Å². The summed E-state index contributed by atoms with van der Waals surface area (Å²) < 4.78 is 0. The molecule has 0 spiro atoms. The molecule has 0 unspecified atom stereocenters. The third-order valence-electron chi connectivity index (χ3n) is 2.49. The van der Waals surface area contributed by atoms with Crippen LogP contribution in [0.5, 0.6) is 0 Å². The number of anilines is 1. The summed E-state index contributed by atoms with van der Waals surface area (Å²) in [5.41, 5.74) is 0.423. The van der Waals surface area contributed by atoms with Gasteiger partial charge in [-0.1, -0.05) is 13.3 Å². The first-order chi connectivity index (χ1) is 8.38. The Kier molecular flexibility index (Phi) is 4.67. The van der Waals surface area contributed by atoms with Gasteiger partial charge in [0, 0.05) is 5.69 Å². The highest BCUT2D eigenvalue weighted by atomic mass is 16.4. The SMILES string of the molecule is CCCc1cc(C(=O)O)cc(NC(C)(C)CO)n1. The molecule has 0 saturated heterocycles. The number of rotatable bonds is 6. The van der Waals surface area contributed by atoms with Gasteiger partial charge in [0.05, 0.1) is 17.7 Å². The summed E-state index contributed by atoms with van der Waals surface area (Å²) in [6.07, 6.45) is 1.63. The van der Waals surface area contributed by atoms with Crippen LogP contribution in [0.1, 0.15) is 43.2 Å². The van der Waals surface area contributed by atoms with Crippen LogP contribution < -0.4 is 5.32 Å². The van der Waals surface area contributed by atoms with Crippen molar-refractivity contribution in [3.05, 3.63) is 23.4 Å². The van der Waals surface area contributed by atoms with Crippen LogP contribution in [0.2, 0.25) is 0 Å². The predicted molar refractivity (Wildman–Crippen MR) is 70.0 cm³/mol. The minimum absolute atomic E-state index is 0.0604. The van der Waals surface area contributed by atoms with Crippen molar-refractivity contribution in [3.8, 4) is 0 Å². The molecule has 1 aromatic heterocycles. The number of hydrogen-bond donors (Lipinski definition) is 3. The van der Waals surface area contributed by atoms with Gasteiger partial charge in [-0.15, -0.1) is 0 Å². The molecule has 0 bridgehead atoms. The lowest BCUT2D eigenvalue weighted by molar-refractivity contribution is 0.0696. The lowest BCUT2D eigenvalue weighted by atomic mass is 10.1. The average molecular weight is 252 g/mol. The number of nitrogens with one attached hydrogen (secondary N) is 1. The molecular weight excluding hydrogens is 232 g/mol. The number of aromatic nitrogens is 1. The molecule has 0 aliphatic heterocycles. The lowest BCUT2D eigenvalue weighted by Crippen LogP contribution is -2.35. The van der Waals surface area contributed by atoms with Crippen LogP contribution in [0.25, 0.3) is 0 Å². The summed E-state index contributed by atoms with van der Waals surface area (Å²) in [5.74, 6) is -0.489. The Balaban J connectivity index is 3.06. The molecule has 0 aliphatic rings. The first-order valence-electron chi connectivity index (χ1n) is 6.01. The molecule has 100 valence electrons. The van der Waals surface area contributed by atoms with E-state index in [-0.39, 0.29) is 12.2 Å². The summed E-state index contributed by atoms with van der Waals surface area (Å²) >= 11 is 0. The zero-order chi connectivity index (χ0) is 13.8. The van der Waals surface area contributed by atoms with Gasteiger partial charge in [0.1, 0.15) is 5.82 Å². The number of aliphatic hydroxyl groups is 1. The standard InChI is InChI=1S/C13H20N2O3/c1-4-5-10-6-9(12(17)18)7-11(14-10)15-13(2,3)8-16/h6-7,16H,4-5,8H2,1-3H3,(H,14,15)(H,17,18). The Morgan fingerprint density at radius 1 is 1.44 bits per heavy atom. The maximum absolute atomic E-state index is 11.0. The number of aliphatic hydroxyl groups excluding tert-OH is 1. The first-order valence-corrected chi connectivity index (χ1v) is 6.01. The second-order valence-corrected chi connectivity index (χ2v) is 4.95. The van der Waals surface area contributed by atoms with Gasteiger partial charge < -0.3 is 15.5 Å². The van der Waals surface area contributed by atoms with Crippen molar-refractivity contribution in [2.45, 2.75) is 39.2 Å². The van der Waals surface area contributed by atoms with Gasteiger partial charge in [-0.05, 0) is 32.4 Å². The van der Waals surface area contributed by atoms with Crippen LogP contribution in [0.4, 0.5) is 5.82 Å². The Hall–Kier alpha value is -1.62. The van der Waals surface area contributed by atoms with E-state index >= 15 is 0 Å². The molecule has 0 amide bonds. The van der Waals surface area contributed by atoms with E-state index in [0.717, 1.165) is 18.5 Å². The molecule has 0 atom stereocenters. The molecule has 1 aromatic rings. The molecule has 0 fully saturated rings. The largest absolute Gasteiger partial charge is 0.478 e. The van der Waals surface area contributed by atoms with Gasteiger partial charge >= 0.3 is 5.97 Å². The normalized spacial score (nSPS) is 11.3. The number of nitrogens with zero attached hydrogens (tertiary/aromatic N) is 1. The smallest absolute Gasteiger partial charge is 0.335 e. The van der Waals surface area contributed by atoms with Crippen LogP contribution >= 0.6 is 0 Å². The fourth-order valence-corrected chi connectivity index (χ4v) is 1.55. The van der Waals surface area contributed by atoms with E-state index in [1.807, 2.05) is 20.8 Å². The van der Waals surface area contributed by atoms with Crippen molar-refractivity contribution in [3.63, 3.8) is 0 Å². The summed E-state index contributed by atoms with van der Waals surface area (Å²) in [5, 5.41) is 21.3.